The number of piperidine rings is 1. The largest absolute Gasteiger partial charge is 0.469 e. The summed E-state index contributed by atoms with van der Waals surface area (Å²) >= 11 is 0. The summed E-state index contributed by atoms with van der Waals surface area (Å²) in [5.74, 6) is 1.53. The molecular weight excluding hydrogens is 240 g/mol. The van der Waals surface area contributed by atoms with Gasteiger partial charge in [0.15, 0.2) is 0 Å². The summed E-state index contributed by atoms with van der Waals surface area (Å²) in [7, 11) is 1.46. The molecule has 1 saturated carbocycles. The molecule has 0 radical (unpaired) electrons. The predicted molar refractivity (Wildman–Crippen MR) is 76.0 cm³/mol. The lowest BCUT2D eigenvalue weighted by Gasteiger charge is -2.38. The van der Waals surface area contributed by atoms with Crippen molar-refractivity contribution < 1.29 is 9.53 Å². The van der Waals surface area contributed by atoms with Gasteiger partial charge in [-0.25, -0.2) is 0 Å². The van der Waals surface area contributed by atoms with Gasteiger partial charge in [-0.3, -0.25) is 4.79 Å². The van der Waals surface area contributed by atoms with Gasteiger partial charge >= 0.3 is 5.97 Å². The minimum absolute atomic E-state index is 0.0998. The van der Waals surface area contributed by atoms with Crippen molar-refractivity contribution in [1.29, 1.82) is 0 Å². The predicted octanol–water partition coefficient (Wildman–Crippen LogP) is 1.65. The average molecular weight is 268 g/mol. The number of rotatable bonds is 6. The number of nitrogens with zero attached hydrogens (tertiary/aromatic N) is 1. The molecule has 1 N–H and O–H groups in total. The quantitative estimate of drug-likeness (QED) is 0.744. The van der Waals surface area contributed by atoms with E-state index in [1.165, 1.54) is 39.3 Å². The number of carbonyl (C=O) groups excluding carboxylic acids is 1. The Labute approximate surface area is 116 Å². The van der Waals surface area contributed by atoms with Gasteiger partial charge in [-0.2, -0.15) is 0 Å². The topological polar surface area (TPSA) is 41.6 Å². The van der Waals surface area contributed by atoms with Gasteiger partial charge in [0.2, 0.25) is 0 Å². The van der Waals surface area contributed by atoms with E-state index in [0.717, 1.165) is 25.6 Å². The molecule has 19 heavy (non-hydrogen) atoms. The first-order valence-electron chi connectivity index (χ1n) is 7.70. The Morgan fingerprint density at radius 1 is 1.37 bits per heavy atom. The fraction of sp³-hybridized carbons (Fsp3) is 0.933. The first-order valence-corrected chi connectivity index (χ1v) is 7.70. The molecule has 0 aromatic rings. The van der Waals surface area contributed by atoms with Gasteiger partial charge in [-0.1, -0.05) is 13.3 Å². The second-order valence-electron chi connectivity index (χ2n) is 6.33. The van der Waals surface area contributed by atoms with Crippen molar-refractivity contribution in [2.75, 3.05) is 33.3 Å². The molecular formula is C15H28N2O2. The van der Waals surface area contributed by atoms with Gasteiger partial charge in [0.25, 0.3) is 0 Å². The molecule has 110 valence electrons. The molecule has 2 unspecified atom stereocenters. The fourth-order valence-electron chi connectivity index (χ4n) is 3.17. The van der Waals surface area contributed by atoms with Crippen LogP contribution in [0.4, 0.5) is 0 Å². The van der Waals surface area contributed by atoms with Crippen molar-refractivity contribution >= 4 is 5.97 Å². The van der Waals surface area contributed by atoms with Crippen LogP contribution < -0.4 is 5.32 Å². The normalized spacial score (nSPS) is 28.9. The second-order valence-corrected chi connectivity index (χ2v) is 6.33. The molecule has 1 aliphatic carbocycles. The number of likely N-dealkylation sites (tertiary alicyclic amines) is 1. The van der Waals surface area contributed by atoms with Gasteiger partial charge in [0.1, 0.15) is 0 Å². The Hall–Kier alpha value is -0.610. The highest BCUT2D eigenvalue weighted by Crippen LogP contribution is 2.26. The Bertz CT molecular complexity index is 292. The second kappa shape index (κ2) is 7.25. The van der Waals surface area contributed by atoms with Crippen molar-refractivity contribution in [2.24, 2.45) is 11.8 Å². The smallest absolute Gasteiger partial charge is 0.306 e. The van der Waals surface area contributed by atoms with Crippen LogP contribution in [0.2, 0.25) is 0 Å². The van der Waals surface area contributed by atoms with Crippen LogP contribution >= 0.6 is 0 Å². The Morgan fingerprint density at radius 3 is 2.79 bits per heavy atom. The van der Waals surface area contributed by atoms with E-state index < -0.39 is 0 Å². The lowest BCUT2D eigenvalue weighted by atomic mass is 9.85. The van der Waals surface area contributed by atoms with Crippen LogP contribution in [0.25, 0.3) is 0 Å². The molecule has 4 heteroatoms. The molecule has 2 atom stereocenters. The molecule has 0 aromatic heterocycles. The Balaban J connectivity index is 1.69. The number of nitrogens with one attached hydrogen (secondary N) is 1. The highest BCUT2D eigenvalue weighted by atomic mass is 16.5. The zero-order valence-corrected chi connectivity index (χ0v) is 12.4. The molecule has 0 spiro atoms. The van der Waals surface area contributed by atoms with Crippen molar-refractivity contribution in [1.82, 2.24) is 10.2 Å². The number of esters is 1. The zero-order valence-electron chi connectivity index (χ0n) is 12.4. The van der Waals surface area contributed by atoms with Gasteiger partial charge in [0, 0.05) is 25.7 Å². The van der Waals surface area contributed by atoms with E-state index in [9.17, 15) is 4.79 Å². The SMILES string of the molecule is COC(=O)CCN1CC(C)CC(NCC2CCC2)C1. The number of methoxy groups -OCH3 is 1. The van der Waals surface area contributed by atoms with E-state index in [-0.39, 0.29) is 5.97 Å². The third-order valence-corrected chi connectivity index (χ3v) is 4.52. The van der Waals surface area contributed by atoms with Crippen LogP contribution in [0, 0.1) is 11.8 Å². The lowest BCUT2D eigenvalue weighted by Crippen LogP contribution is -2.50. The average Bonchev–Trinajstić information content (AvgIpc) is 2.33. The van der Waals surface area contributed by atoms with Crippen molar-refractivity contribution in [3.8, 4) is 0 Å². The zero-order chi connectivity index (χ0) is 13.7. The van der Waals surface area contributed by atoms with Gasteiger partial charge in [-0.05, 0) is 37.6 Å². The fourth-order valence-corrected chi connectivity index (χ4v) is 3.17. The van der Waals surface area contributed by atoms with Gasteiger partial charge in [0.05, 0.1) is 13.5 Å². The summed E-state index contributed by atoms with van der Waals surface area (Å²) in [6, 6.07) is 0.599. The van der Waals surface area contributed by atoms with Gasteiger partial charge < -0.3 is 15.0 Å². The highest BCUT2D eigenvalue weighted by Gasteiger charge is 2.26. The van der Waals surface area contributed by atoms with Crippen LogP contribution in [0.5, 0.6) is 0 Å². The summed E-state index contributed by atoms with van der Waals surface area (Å²) in [6.45, 7) is 6.51. The maximum absolute atomic E-state index is 11.2. The lowest BCUT2D eigenvalue weighted by molar-refractivity contribution is -0.141. The van der Waals surface area contributed by atoms with E-state index in [2.05, 4.69) is 17.1 Å². The molecule has 0 bridgehead atoms. The van der Waals surface area contributed by atoms with Crippen molar-refractivity contribution in [3.63, 3.8) is 0 Å². The highest BCUT2D eigenvalue weighted by molar-refractivity contribution is 5.69. The maximum Gasteiger partial charge on any atom is 0.306 e. The molecule has 0 amide bonds. The first-order chi connectivity index (χ1) is 9.17. The molecule has 2 rings (SSSR count). The molecule has 2 aliphatic rings. The summed E-state index contributed by atoms with van der Waals surface area (Å²) in [6.07, 6.45) is 6.00. The molecule has 0 aromatic carbocycles. The maximum atomic E-state index is 11.2. The minimum Gasteiger partial charge on any atom is -0.469 e. The molecule has 4 nitrogen and oxygen atoms in total. The first kappa shape index (κ1) is 14.8. The van der Waals surface area contributed by atoms with Crippen LogP contribution in [-0.4, -0.2) is 50.2 Å². The number of carbonyl (C=O) groups is 1. The third kappa shape index (κ3) is 4.77. The van der Waals surface area contributed by atoms with E-state index in [4.69, 9.17) is 4.74 Å². The summed E-state index contributed by atoms with van der Waals surface area (Å²) < 4.78 is 4.71. The van der Waals surface area contributed by atoms with Crippen LogP contribution in [0.3, 0.4) is 0 Å². The number of ether oxygens (including phenoxy) is 1. The molecule has 1 aliphatic heterocycles. The van der Waals surface area contributed by atoms with Crippen LogP contribution in [0.15, 0.2) is 0 Å². The standard InChI is InChI=1S/C15H28N2O2/c1-12-8-14(16-9-13-4-3-5-13)11-17(10-12)7-6-15(18)19-2/h12-14,16H,3-11H2,1-2H3. The number of hydrogen-bond acceptors (Lipinski definition) is 4. The van der Waals surface area contributed by atoms with Crippen LogP contribution in [-0.2, 0) is 9.53 Å². The third-order valence-electron chi connectivity index (χ3n) is 4.52. The van der Waals surface area contributed by atoms with Gasteiger partial charge in [-0.15, -0.1) is 0 Å². The minimum atomic E-state index is -0.0998. The summed E-state index contributed by atoms with van der Waals surface area (Å²) in [5.41, 5.74) is 0. The van der Waals surface area contributed by atoms with Crippen LogP contribution in [0.1, 0.15) is 39.0 Å². The van der Waals surface area contributed by atoms with E-state index in [1.807, 2.05) is 0 Å². The van der Waals surface area contributed by atoms with E-state index in [1.54, 1.807) is 0 Å². The summed E-state index contributed by atoms with van der Waals surface area (Å²) in [4.78, 5) is 13.6. The monoisotopic (exact) mass is 268 g/mol. The Kier molecular flexibility index (Phi) is 5.64. The van der Waals surface area contributed by atoms with Crippen molar-refractivity contribution in [3.05, 3.63) is 0 Å². The summed E-state index contributed by atoms with van der Waals surface area (Å²) in [5, 5.41) is 3.73. The van der Waals surface area contributed by atoms with E-state index >= 15 is 0 Å². The molecule has 2 fully saturated rings. The van der Waals surface area contributed by atoms with Crippen molar-refractivity contribution in [2.45, 2.75) is 45.1 Å². The number of hydrogen-bond donors (Lipinski definition) is 1. The molecule has 1 heterocycles. The molecule has 1 saturated heterocycles. The van der Waals surface area contributed by atoms with E-state index in [0.29, 0.717) is 18.4 Å². The Morgan fingerprint density at radius 2 is 2.16 bits per heavy atom.